The van der Waals surface area contributed by atoms with E-state index < -0.39 is 4.92 Å². The second-order valence-electron chi connectivity index (χ2n) is 6.47. The van der Waals surface area contributed by atoms with Gasteiger partial charge in [-0.1, -0.05) is 57.2 Å². The van der Waals surface area contributed by atoms with Gasteiger partial charge in [0, 0.05) is 12.1 Å². The number of aryl methyl sites for hydroxylation is 1. The summed E-state index contributed by atoms with van der Waals surface area (Å²) in [6.45, 7) is 6.19. The number of hydrogen-bond donors (Lipinski definition) is 1. The molecule has 0 aromatic heterocycles. The number of nitro groups is 1. The smallest absolute Gasteiger partial charge is 0.276 e. The maximum atomic E-state index is 12.3. The minimum Gasteiger partial charge on any atom is -0.345 e. The molecule has 2 rings (SSSR count). The zero-order valence-corrected chi connectivity index (χ0v) is 15.3. The van der Waals surface area contributed by atoms with Crippen molar-refractivity contribution in [3.8, 4) is 0 Å². The summed E-state index contributed by atoms with van der Waals surface area (Å²) in [4.78, 5) is 22.9. The Hall–Kier alpha value is -2.95. The Kier molecular flexibility index (Phi) is 6.67. The van der Waals surface area contributed by atoms with E-state index in [4.69, 9.17) is 0 Å². The van der Waals surface area contributed by atoms with Crippen molar-refractivity contribution in [1.29, 1.82) is 0 Å². The molecule has 2 aromatic carbocycles. The summed E-state index contributed by atoms with van der Waals surface area (Å²) in [7, 11) is 0. The van der Waals surface area contributed by atoms with E-state index in [1.807, 2.05) is 26.0 Å². The van der Waals surface area contributed by atoms with Gasteiger partial charge in [0.15, 0.2) is 0 Å². The van der Waals surface area contributed by atoms with E-state index in [1.54, 1.807) is 18.2 Å². The van der Waals surface area contributed by atoms with Gasteiger partial charge in [0.2, 0.25) is 5.91 Å². The summed E-state index contributed by atoms with van der Waals surface area (Å²) in [5.74, 6) is -0.0627. The molecule has 0 bridgehead atoms. The van der Waals surface area contributed by atoms with Crippen molar-refractivity contribution in [3.63, 3.8) is 0 Å². The van der Waals surface area contributed by atoms with Crippen LogP contribution in [-0.2, 0) is 11.2 Å². The van der Waals surface area contributed by atoms with Crippen LogP contribution < -0.4 is 5.32 Å². The van der Waals surface area contributed by atoms with Gasteiger partial charge >= 0.3 is 0 Å². The Morgan fingerprint density at radius 2 is 1.81 bits per heavy atom. The van der Waals surface area contributed by atoms with Crippen molar-refractivity contribution >= 4 is 17.7 Å². The zero-order valence-electron chi connectivity index (χ0n) is 15.3. The van der Waals surface area contributed by atoms with Crippen molar-refractivity contribution in [1.82, 2.24) is 5.32 Å². The normalized spacial score (nSPS) is 12.3. The number of rotatable bonds is 7. The Bertz CT molecular complexity index is 795. The fourth-order valence-corrected chi connectivity index (χ4v) is 2.76. The highest BCUT2D eigenvalue weighted by molar-refractivity contribution is 5.92. The predicted molar refractivity (Wildman–Crippen MR) is 104 cm³/mol. The molecule has 1 atom stereocenters. The fourth-order valence-electron chi connectivity index (χ4n) is 2.76. The number of carbonyl (C=O) groups excluding carboxylic acids is 1. The molecule has 1 amide bonds. The van der Waals surface area contributed by atoms with Gasteiger partial charge in [-0.05, 0) is 35.6 Å². The number of nitrogens with zero attached hydrogens (tertiary/aromatic N) is 1. The van der Waals surface area contributed by atoms with Crippen LogP contribution in [0.1, 0.15) is 43.5 Å². The summed E-state index contributed by atoms with van der Waals surface area (Å²) >= 11 is 0. The van der Waals surface area contributed by atoms with E-state index >= 15 is 0 Å². The minimum absolute atomic E-state index is 0.0212. The molecule has 0 saturated heterocycles. The van der Waals surface area contributed by atoms with Crippen molar-refractivity contribution in [3.05, 3.63) is 81.4 Å². The number of carbonyl (C=O) groups is 1. The highest BCUT2D eigenvalue weighted by Crippen LogP contribution is 2.23. The zero-order chi connectivity index (χ0) is 19.1. The van der Waals surface area contributed by atoms with Crippen molar-refractivity contribution < 1.29 is 9.72 Å². The molecule has 0 aliphatic rings. The van der Waals surface area contributed by atoms with Crippen LogP contribution in [0.4, 0.5) is 5.69 Å². The van der Waals surface area contributed by atoms with Gasteiger partial charge in [-0.2, -0.15) is 0 Å². The summed E-state index contributed by atoms with van der Waals surface area (Å²) in [6.07, 6.45) is 3.79. The lowest BCUT2D eigenvalue weighted by Gasteiger charge is -2.22. The first kappa shape index (κ1) is 19.4. The SMILES string of the molecule is CCc1ccc(C(NC(=O)/C=C/c2ccccc2[N+](=O)[O-])C(C)C)cc1. The van der Waals surface area contributed by atoms with E-state index in [2.05, 4.69) is 24.4 Å². The van der Waals surface area contributed by atoms with E-state index in [0.29, 0.717) is 5.56 Å². The summed E-state index contributed by atoms with van der Waals surface area (Å²) in [5.41, 5.74) is 2.68. The topological polar surface area (TPSA) is 72.2 Å². The van der Waals surface area contributed by atoms with Crippen LogP contribution in [0.2, 0.25) is 0 Å². The number of nitrogens with one attached hydrogen (secondary N) is 1. The average molecular weight is 352 g/mol. The molecule has 5 nitrogen and oxygen atoms in total. The Labute approximate surface area is 153 Å². The third-order valence-corrected chi connectivity index (χ3v) is 4.26. The van der Waals surface area contributed by atoms with E-state index in [0.717, 1.165) is 12.0 Å². The molecule has 0 fully saturated rings. The second kappa shape index (κ2) is 8.94. The highest BCUT2D eigenvalue weighted by atomic mass is 16.6. The molecule has 0 heterocycles. The molecule has 136 valence electrons. The van der Waals surface area contributed by atoms with Crippen LogP contribution in [0.25, 0.3) is 6.08 Å². The average Bonchev–Trinajstić information content (AvgIpc) is 2.64. The monoisotopic (exact) mass is 352 g/mol. The first-order chi connectivity index (χ1) is 12.4. The second-order valence-corrected chi connectivity index (χ2v) is 6.47. The maximum Gasteiger partial charge on any atom is 0.276 e. The van der Waals surface area contributed by atoms with Crippen LogP contribution in [0, 0.1) is 16.0 Å². The molecule has 0 aliphatic heterocycles. The van der Waals surface area contributed by atoms with E-state index in [-0.39, 0.29) is 23.6 Å². The van der Waals surface area contributed by atoms with E-state index in [9.17, 15) is 14.9 Å². The van der Waals surface area contributed by atoms with Crippen LogP contribution in [0.15, 0.2) is 54.6 Å². The van der Waals surface area contributed by atoms with Gasteiger partial charge in [0.25, 0.3) is 5.69 Å². The number of para-hydroxylation sites is 1. The third kappa shape index (κ3) is 5.02. The predicted octanol–water partition coefficient (Wildman–Crippen LogP) is 4.68. The van der Waals surface area contributed by atoms with Gasteiger partial charge in [-0.25, -0.2) is 0 Å². The van der Waals surface area contributed by atoms with Crippen molar-refractivity contribution in [2.45, 2.75) is 33.2 Å². The number of benzene rings is 2. The molecule has 0 saturated carbocycles. The molecule has 1 unspecified atom stereocenters. The molecular formula is C21H24N2O3. The van der Waals surface area contributed by atoms with Crippen molar-refractivity contribution in [2.24, 2.45) is 5.92 Å². The maximum absolute atomic E-state index is 12.3. The van der Waals surface area contributed by atoms with Crippen LogP contribution in [0.5, 0.6) is 0 Å². The van der Waals surface area contributed by atoms with Gasteiger partial charge in [0.1, 0.15) is 0 Å². The van der Waals surface area contributed by atoms with Crippen LogP contribution >= 0.6 is 0 Å². The number of nitro benzene ring substituents is 1. The van der Waals surface area contributed by atoms with Gasteiger partial charge in [-0.3, -0.25) is 14.9 Å². The third-order valence-electron chi connectivity index (χ3n) is 4.26. The van der Waals surface area contributed by atoms with Gasteiger partial charge in [-0.15, -0.1) is 0 Å². The lowest BCUT2D eigenvalue weighted by atomic mass is 9.95. The summed E-state index contributed by atoms with van der Waals surface area (Å²) < 4.78 is 0. The molecule has 0 radical (unpaired) electrons. The number of hydrogen-bond acceptors (Lipinski definition) is 3. The van der Waals surface area contributed by atoms with Gasteiger partial charge in [0.05, 0.1) is 16.5 Å². The lowest BCUT2D eigenvalue weighted by Crippen LogP contribution is -2.30. The quantitative estimate of drug-likeness (QED) is 0.446. The Balaban J connectivity index is 2.14. The first-order valence-corrected chi connectivity index (χ1v) is 8.73. The largest absolute Gasteiger partial charge is 0.345 e. The Morgan fingerprint density at radius 3 is 2.38 bits per heavy atom. The standard InChI is InChI=1S/C21H24N2O3/c1-4-16-9-11-18(12-10-16)21(15(2)3)22-20(24)14-13-17-7-5-6-8-19(17)23(25)26/h5-15,21H,4H2,1-3H3,(H,22,24)/b14-13+. The molecule has 0 spiro atoms. The lowest BCUT2D eigenvalue weighted by molar-refractivity contribution is -0.385. The summed E-state index contributed by atoms with van der Waals surface area (Å²) in [5, 5.41) is 14.0. The molecular weight excluding hydrogens is 328 g/mol. The minimum atomic E-state index is -0.455. The molecule has 26 heavy (non-hydrogen) atoms. The summed E-state index contributed by atoms with van der Waals surface area (Å²) in [6, 6.07) is 14.4. The highest BCUT2D eigenvalue weighted by Gasteiger charge is 2.17. The van der Waals surface area contributed by atoms with Crippen LogP contribution in [-0.4, -0.2) is 10.8 Å². The first-order valence-electron chi connectivity index (χ1n) is 8.73. The number of amides is 1. The molecule has 0 aliphatic carbocycles. The molecule has 5 heteroatoms. The van der Waals surface area contributed by atoms with E-state index in [1.165, 1.54) is 23.8 Å². The molecule has 2 aromatic rings. The van der Waals surface area contributed by atoms with Crippen molar-refractivity contribution in [2.75, 3.05) is 0 Å². The molecule has 1 N–H and O–H groups in total. The van der Waals surface area contributed by atoms with Crippen LogP contribution in [0.3, 0.4) is 0 Å². The fraction of sp³-hybridized carbons (Fsp3) is 0.286. The van der Waals surface area contributed by atoms with Gasteiger partial charge < -0.3 is 5.32 Å². The Morgan fingerprint density at radius 1 is 1.15 bits per heavy atom.